The highest BCUT2D eigenvalue weighted by Gasteiger charge is 2.33. The van der Waals surface area contributed by atoms with Gasteiger partial charge in [-0.2, -0.15) is 13.2 Å². The van der Waals surface area contributed by atoms with Gasteiger partial charge in [-0.15, -0.1) is 11.6 Å². The standard InChI is InChI=1S/C14H9Cl2F3O/c15-8-9-1-4-12(7-13(9)14(17,18)19)20-11-5-2-10(16)3-6-11/h1-7H,8H2. The molecule has 0 atom stereocenters. The van der Waals surface area contributed by atoms with Crippen LogP contribution in [0.1, 0.15) is 11.1 Å². The topological polar surface area (TPSA) is 9.23 Å². The molecule has 0 fully saturated rings. The Bertz CT molecular complexity index is 594. The minimum atomic E-state index is -4.47. The number of halogens is 5. The van der Waals surface area contributed by atoms with Gasteiger partial charge < -0.3 is 4.74 Å². The van der Waals surface area contributed by atoms with Crippen molar-refractivity contribution in [2.24, 2.45) is 0 Å². The smallest absolute Gasteiger partial charge is 0.416 e. The summed E-state index contributed by atoms with van der Waals surface area (Å²) < 4.78 is 44.0. The van der Waals surface area contributed by atoms with Crippen molar-refractivity contribution in [3.63, 3.8) is 0 Å². The summed E-state index contributed by atoms with van der Waals surface area (Å²) in [5.74, 6) is 0.283. The molecule has 0 N–H and O–H groups in total. The van der Waals surface area contributed by atoms with Crippen molar-refractivity contribution in [3.05, 3.63) is 58.6 Å². The molecule has 0 unspecified atom stereocenters. The third kappa shape index (κ3) is 3.58. The first kappa shape index (κ1) is 15.0. The Morgan fingerprint density at radius 1 is 0.950 bits per heavy atom. The van der Waals surface area contributed by atoms with E-state index in [0.29, 0.717) is 10.8 Å². The second kappa shape index (κ2) is 5.94. The van der Waals surface area contributed by atoms with Crippen molar-refractivity contribution >= 4 is 23.2 Å². The molecule has 0 aliphatic rings. The Hall–Kier alpha value is -1.39. The van der Waals surface area contributed by atoms with Crippen LogP contribution in [-0.2, 0) is 12.1 Å². The molecular weight excluding hydrogens is 312 g/mol. The summed E-state index contributed by atoms with van der Waals surface area (Å²) in [4.78, 5) is 0. The number of hydrogen-bond acceptors (Lipinski definition) is 1. The van der Waals surface area contributed by atoms with E-state index in [1.807, 2.05) is 0 Å². The summed E-state index contributed by atoms with van der Waals surface area (Å²) in [5, 5.41) is 0.519. The lowest BCUT2D eigenvalue weighted by atomic mass is 10.1. The molecule has 1 nitrogen and oxygen atoms in total. The van der Waals surface area contributed by atoms with Gasteiger partial charge in [-0.1, -0.05) is 17.7 Å². The maximum Gasteiger partial charge on any atom is 0.416 e. The Morgan fingerprint density at radius 3 is 2.10 bits per heavy atom. The van der Waals surface area contributed by atoms with Gasteiger partial charge in [0.15, 0.2) is 0 Å². The van der Waals surface area contributed by atoms with Gasteiger partial charge in [0.1, 0.15) is 11.5 Å². The van der Waals surface area contributed by atoms with Gasteiger partial charge in [0.25, 0.3) is 0 Å². The first-order valence-corrected chi connectivity index (χ1v) is 6.51. The number of alkyl halides is 4. The Kier molecular flexibility index (Phi) is 4.45. The fourth-order valence-corrected chi connectivity index (χ4v) is 2.00. The molecule has 0 aromatic heterocycles. The summed E-state index contributed by atoms with van der Waals surface area (Å²) in [6.07, 6.45) is -4.47. The van der Waals surface area contributed by atoms with Crippen LogP contribution in [0, 0.1) is 0 Å². The fourth-order valence-electron chi connectivity index (χ4n) is 1.64. The number of benzene rings is 2. The fraction of sp³-hybridized carbons (Fsp3) is 0.143. The summed E-state index contributed by atoms with van der Waals surface area (Å²) in [5.41, 5.74) is -0.776. The molecule has 0 bridgehead atoms. The molecule has 6 heteroatoms. The van der Waals surface area contributed by atoms with Crippen LogP contribution in [0.5, 0.6) is 11.5 Å². The van der Waals surface area contributed by atoms with E-state index in [9.17, 15) is 13.2 Å². The van der Waals surface area contributed by atoms with E-state index in [1.165, 1.54) is 12.1 Å². The first-order valence-electron chi connectivity index (χ1n) is 5.59. The van der Waals surface area contributed by atoms with Gasteiger partial charge in [0.2, 0.25) is 0 Å². The van der Waals surface area contributed by atoms with E-state index in [-0.39, 0.29) is 17.2 Å². The van der Waals surface area contributed by atoms with Gasteiger partial charge in [0.05, 0.1) is 5.56 Å². The minimum Gasteiger partial charge on any atom is -0.457 e. The Morgan fingerprint density at radius 2 is 1.55 bits per heavy atom. The van der Waals surface area contributed by atoms with Crippen LogP contribution in [0.25, 0.3) is 0 Å². The molecule has 0 radical (unpaired) electrons. The normalized spacial score (nSPS) is 11.4. The number of rotatable bonds is 3. The lowest BCUT2D eigenvalue weighted by molar-refractivity contribution is -0.138. The minimum absolute atomic E-state index is 0.0163. The molecule has 0 amide bonds. The van der Waals surface area contributed by atoms with E-state index in [1.54, 1.807) is 24.3 Å². The van der Waals surface area contributed by atoms with Gasteiger partial charge in [-0.3, -0.25) is 0 Å². The summed E-state index contributed by atoms with van der Waals surface area (Å²) >= 11 is 11.2. The van der Waals surface area contributed by atoms with Crippen LogP contribution < -0.4 is 4.74 Å². The maximum absolute atomic E-state index is 12.9. The number of hydrogen-bond donors (Lipinski definition) is 0. The third-order valence-electron chi connectivity index (χ3n) is 2.58. The largest absolute Gasteiger partial charge is 0.457 e. The van der Waals surface area contributed by atoms with Crippen molar-refractivity contribution < 1.29 is 17.9 Å². The van der Waals surface area contributed by atoms with Gasteiger partial charge in [-0.05, 0) is 42.0 Å². The zero-order valence-electron chi connectivity index (χ0n) is 10.0. The molecule has 106 valence electrons. The van der Waals surface area contributed by atoms with Crippen LogP contribution >= 0.6 is 23.2 Å². The predicted molar refractivity (Wildman–Crippen MR) is 72.5 cm³/mol. The van der Waals surface area contributed by atoms with Gasteiger partial charge in [0, 0.05) is 10.9 Å². The first-order chi connectivity index (χ1) is 9.40. The van der Waals surface area contributed by atoms with E-state index < -0.39 is 11.7 Å². The van der Waals surface area contributed by atoms with Crippen molar-refractivity contribution in [3.8, 4) is 11.5 Å². The second-order valence-electron chi connectivity index (χ2n) is 4.01. The van der Waals surface area contributed by atoms with E-state index in [0.717, 1.165) is 6.07 Å². The lowest BCUT2D eigenvalue weighted by Crippen LogP contribution is -2.08. The molecule has 20 heavy (non-hydrogen) atoms. The van der Waals surface area contributed by atoms with Crippen LogP contribution in [0.4, 0.5) is 13.2 Å². The lowest BCUT2D eigenvalue weighted by Gasteiger charge is -2.13. The maximum atomic E-state index is 12.9. The quantitative estimate of drug-likeness (QED) is 0.641. The van der Waals surface area contributed by atoms with Crippen LogP contribution in [-0.4, -0.2) is 0 Å². The summed E-state index contributed by atoms with van der Waals surface area (Å²) in [6, 6.07) is 10.0. The Balaban J connectivity index is 2.31. The van der Waals surface area contributed by atoms with Crippen molar-refractivity contribution in [1.82, 2.24) is 0 Å². The predicted octanol–water partition coefficient (Wildman–Crippen LogP) is 5.89. The number of ether oxygens (including phenoxy) is 1. The summed E-state index contributed by atoms with van der Waals surface area (Å²) in [7, 11) is 0. The van der Waals surface area contributed by atoms with E-state index in [2.05, 4.69) is 0 Å². The van der Waals surface area contributed by atoms with Crippen molar-refractivity contribution in [2.45, 2.75) is 12.1 Å². The van der Waals surface area contributed by atoms with Gasteiger partial charge >= 0.3 is 6.18 Å². The van der Waals surface area contributed by atoms with Crippen LogP contribution in [0.2, 0.25) is 5.02 Å². The average Bonchev–Trinajstić information content (AvgIpc) is 2.40. The summed E-state index contributed by atoms with van der Waals surface area (Å²) in [6.45, 7) is 0. The molecule has 0 heterocycles. The monoisotopic (exact) mass is 320 g/mol. The molecular formula is C14H9Cl2F3O. The van der Waals surface area contributed by atoms with E-state index >= 15 is 0 Å². The van der Waals surface area contributed by atoms with E-state index in [4.69, 9.17) is 27.9 Å². The molecule has 0 saturated carbocycles. The molecule has 2 aromatic rings. The zero-order chi connectivity index (χ0) is 14.8. The van der Waals surface area contributed by atoms with Crippen molar-refractivity contribution in [2.75, 3.05) is 0 Å². The molecule has 2 rings (SSSR count). The SMILES string of the molecule is FC(F)(F)c1cc(Oc2ccc(Cl)cc2)ccc1CCl. The van der Waals surface area contributed by atoms with Gasteiger partial charge in [-0.25, -0.2) is 0 Å². The second-order valence-corrected chi connectivity index (χ2v) is 4.71. The molecule has 0 saturated heterocycles. The molecule has 0 aliphatic heterocycles. The zero-order valence-corrected chi connectivity index (χ0v) is 11.6. The van der Waals surface area contributed by atoms with Crippen molar-refractivity contribution in [1.29, 1.82) is 0 Å². The highest BCUT2D eigenvalue weighted by Crippen LogP contribution is 2.36. The highest BCUT2D eigenvalue weighted by atomic mass is 35.5. The van der Waals surface area contributed by atoms with Crippen LogP contribution in [0.15, 0.2) is 42.5 Å². The highest BCUT2D eigenvalue weighted by molar-refractivity contribution is 6.30. The van der Waals surface area contributed by atoms with Crippen LogP contribution in [0.3, 0.4) is 0 Å². The molecule has 2 aromatic carbocycles. The molecule has 0 spiro atoms. The third-order valence-corrected chi connectivity index (χ3v) is 3.12. The average molecular weight is 321 g/mol. The Labute approximate surface area is 123 Å². The molecule has 0 aliphatic carbocycles.